The van der Waals surface area contributed by atoms with Gasteiger partial charge in [0.15, 0.2) is 5.78 Å². The van der Waals surface area contributed by atoms with Crippen molar-refractivity contribution < 1.29 is 72.1 Å². The van der Waals surface area contributed by atoms with Crippen molar-refractivity contribution in [3.05, 3.63) is 47.6 Å². The van der Waals surface area contributed by atoms with Gasteiger partial charge in [-0.3, -0.25) is 24.1 Å². The van der Waals surface area contributed by atoms with Crippen molar-refractivity contribution >= 4 is 29.2 Å². The zero-order valence-electron chi connectivity index (χ0n) is 48.2. The number of nitrogens with zero attached hydrogens (tertiary/aromatic N) is 2. The normalized spacial score (nSPS) is 36.3. The molecule has 4 fully saturated rings. The van der Waals surface area contributed by atoms with E-state index in [1.54, 1.807) is 41.1 Å². The Morgan fingerprint density at radius 2 is 1.56 bits per heavy atom. The second-order valence-electron chi connectivity index (χ2n) is 22.9. The first-order chi connectivity index (χ1) is 36.8. The molecule has 1 aliphatic carbocycles. The summed E-state index contributed by atoms with van der Waals surface area (Å²) in [7, 11) is 4.68. The number of esters is 1. The number of ketones is 3. The van der Waals surface area contributed by atoms with Crippen LogP contribution in [-0.2, 0) is 61.9 Å². The monoisotopic (exact) mass is 1080 g/mol. The summed E-state index contributed by atoms with van der Waals surface area (Å²) >= 11 is 0. The smallest absolute Gasteiger partial charge is 0.329 e. The fourth-order valence-electron chi connectivity index (χ4n) is 11.8. The number of carbonyl (C=O) groups is 5. The Morgan fingerprint density at radius 1 is 0.805 bits per heavy atom. The molecule has 0 spiro atoms. The van der Waals surface area contributed by atoms with Gasteiger partial charge in [0.05, 0.1) is 50.8 Å². The second kappa shape index (κ2) is 32.1. The van der Waals surface area contributed by atoms with E-state index in [0.717, 1.165) is 64.1 Å². The highest BCUT2D eigenvalue weighted by Gasteiger charge is 2.53. The van der Waals surface area contributed by atoms with Crippen molar-refractivity contribution in [2.45, 2.75) is 186 Å². The summed E-state index contributed by atoms with van der Waals surface area (Å²) in [5, 5.41) is 23.7. The Bertz CT molecular complexity index is 2020. The number of piperidine rings is 1. The molecule has 0 radical (unpaired) electrons. The Labute approximate surface area is 459 Å². The molecule has 3 saturated heterocycles. The van der Waals surface area contributed by atoms with Gasteiger partial charge in [0.2, 0.25) is 5.79 Å². The van der Waals surface area contributed by atoms with Crippen LogP contribution < -0.4 is 0 Å². The van der Waals surface area contributed by atoms with Gasteiger partial charge in [-0.1, -0.05) is 71.1 Å². The van der Waals surface area contributed by atoms with E-state index in [1.807, 2.05) is 58.1 Å². The lowest BCUT2D eigenvalue weighted by Gasteiger charge is -2.43. The molecule has 2 bridgehead atoms. The average molecular weight is 1090 g/mol. The van der Waals surface area contributed by atoms with Crippen molar-refractivity contribution in [3.8, 4) is 0 Å². The number of aliphatic hydroxyl groups is 2. The van der Waals surface area contributed by atoms with Crippen LogP contribution in [0.15, 0.2) is 47.6 Å². The molecular formula is C60H96N2O15. The van der Waals surface area contributed by atoms with Gasteiger partial charge in [0.1, 0.15) is 30.1 Å². The van der Waals surface area contributed by atoms with Gasteiger partial charge >= 0.3 is 5.97 Å². The largest absolute Gasteiger partial charge is 0.460 e. The van der Waals surface area contributed by atoms with E-state index in [4.69, 9.17) is 37.9 Å². The Kier molecular flexibility index (Phi) is 26.8. The summed E-state index contributed by atoms with van der Waals surface area (Å²) in [5.74, 6) is -7.92. The fraction of sp³-hybridized carbons (Fsp3) is 0.783. The molecule has 2 N–H and O–H groups in total. The van der Waals surface area contributed by atoms with Crippen LogP contribution in [0.3, 0.4) is 0 Å². The number of cyclic esters (lactones) is 1. The molecule has 17 nitrogen and oxygen atoms in total. The molecule has 0 aromatic carbocycles. The molecule has 4 aliphatic heterocycles. The Hall–Kier alpha value is -3.49. The van der Waals surface area contributed by atoms with E-state index in [1.165, 1.54) is 12.0 Å². The number of allylic oxidation sites excluding steroid dienone is 6. The molecule has 1 saturated carbocycles. The third-order valence-electron chi connectivity index (χ3n) is 16.8. The predicted octanol–water partition coefficient (Wildman–Crippen LogP) is 6.94. The standard InChI is InChI=1S/C60H96N2O15/c1-39-17-12-11-13-18-40(2)51(75-32-31-70-8)37-47-22-20-45(7)60(69,77-47)57(66)58(67)62-25-15-14-19-48(62)59(68)76-52(38-49(63)41(3)34-44(6)55(65)56(72-10)54(64)43(5)33-39)42(4)35-46-21-23-50(53(36-46)71-9)74-28-16-24-61-26-29-73-30-27-61/h11-13,17-18,34,39,41-43,45-48,50-53,55-56,65,69H,14-16,19-33,35-38H2,1-10H3/b13-11?,17-12+,40-18?,44-34+/t39-,41-,42-,43-,45-,46+,47+,48?,50-,51?,52+,53-,55-,56+,60-/m1/s1. The van der Waals surface area contributed by atoms with Crippen LogP contribution >= 0.6 is 0 Å². The van der Waals surface area contributed by atoms with Crippen LogP contribution in [0.5, 0.6) is 0 Å². The van der Waals surface area contributed by atoms with Gasteiger partial charge in [-0.25, -0.2) is 4.79 Å². The molecule has 436 valence electrons. The summed E-state index contributed by atoms with van der Waals surface area (Å²) in [4.78, 5) is 75.5. The van der Waals surface area contributed by atoms with E-state index >= 15 is 0 Å². The van der Waals surface area contributed by atoms with Crippen LogP contribution in [0.4, 0.5) is 0 Å². The average Bonchev–Trinajstić information content (AvgIpc) is 3.43. The first-order valence-corrected chi connectivity index (χ1v) is 28.8. The Balaban J connectivity index is 1.42. The van der Waals surface area contributed by atoms with Crippen LogP contribution in [0.2, 0.25) is 0 Å². The molecular weight excluding hydrogens is 989 g/mol. The first-order valence-electron chi connectivity index (χ1n) is 28.8. The first kappa shape index (κ1) is 64.3. The molecule has 0 aromatic rings. The number of rotatable bonds is 14. The topological polar surface area (TPSA) is 206 Å². The summed E-state index contributed by atoms with van der Waals surface area (Å²) in [5.41, 5.74) is 1.26. The summed E-state index contributed by atoms with van der Waals surface area (Å²) < 4.78 is 47.7. The van der Waals surface area contributed by atoms with Gasteiger partial charge < -0.3 is 53.0 Å². The second-order valence-corrected chi connectivity index (χ2v) is 22.9. The zero-order chi connectivity index (χ0) is 56.2. The number of methoxy groups -OCH3 is 3. The van der Waals surface area contributed by atoms with E-state index < -0.39 is 77.8 Å². The summed E-state index contributed by atoms with van der Waals surface area (Å²) in [6, 6.07) is -1.15. The molecule has 0 aromatic heterocycles. The highest BCUT2D eigenvalue weighted by molar-refractivity contribution is 6.39. The van der Waals surface area contributed by atoms with Crippen molar-refractivity contribution in [3.63, 3.8) is 0 Å². The van der Waals surface area contributed by atoms with Crippen LogP contribution in [0, 0.1) is 35.5 Å². The number of fused-ring (bicyclic) bond motifs is 3. The number of ether oxygens (including phenoxy) is 8. The van der Waals surface area contributed by atoms with Crippen LogP contribution in [-0.4, -0.2) is 184 Å². The summed E-state index contributed by atoms with van der Waals surface area (Å²) in [6.45, 7) is 18.5. The molecule has 15 atom stereocenters. The van der Waals surface area contributed by atoms with Crippen LogP contribution in [0.25, 0.3) is 0 Å². The maximum absolute atomic E-state index is 14.7. The minimum atomic E-state index is -2.46. The molecule has 2 unspecified atom stereocenters. The number of amides is 1. The number of aliphatic hydroxyl groups excluding tert-OH is 1. The van der Waals surface area contributed by atoms with Crippen molar-refractivity contribution in [2.75, 3.05) is 80.5 Å². The SMILES string of the molecule is COCCOC1C[C@@H]2CC[C@@H](C)[C@@](O)(O2)C(=O)C(=O)N2CCCCC2C(=O)O[C@H]([C@H](C)C[C@@H]2CC[C@@H](OCCCN3CCOCC3)[C@H](OC)C2)CC(=O)[C@H](C)/C=C(\C)[C@@H](O)[C@@H](OC)C(=O)[C@H](C)C[C@H](C)/C=C/C=CC=C1C. The lowest BCUT2D eigenvalue weighted by atomic mass is 9.78. The van der Waals surface area contributed by atoms with Crippen molar-refractivity contribution in [2.24, 2.45) is 35.5 Å². The number of hydrogen-bond acceptors (Lipinski definition) is 16. The Morgan fingerprint density at radius 3 is 2.27 bits per heavy atom. The summed E-state index contributed by atoms with van der Waals surface area (Å²) in [6.07, 6.45) is 13.3. The molecule has 17 heteroatoms. The lowest BCUT2D eigenvalue weighted by Crippen LogP contribution is -2.61. The quantitative estimate of drug-likeness (QED) is 0.0782. The molecule has 4 heterocycles. The zero-order valence-corrected chi connectivity index (χ0v) is 48.2. The number of morpholine rings is 1. The van der Waals surface area contributed by atoms with E-state index in [2.05, 4.69) is 4.90 Å². The van der Waals surface area contributed by atoms with Crippen molar-refractivity contribution in [1.29, 1.82) is 0 Å². The van der Waals surface area contributed by atoms with Gasteiger partial charge in [-0.05, 0) is 113 Å². The number of Topliss-reactive ketones (excluding diaryl/α,β-unsaturated/α-hetero) is 3. The number of carbonyl (C=O) groups excluding carboxylic acids is 5. The van der Waals surface area contributed by atoms with Gasteiger partial charge in [0.25, 0.3) is 11.7 Å². The maximum Gasteiger partial charge on any atom is 0.329 e. The van der Waals surface area contributed by atoms with E-state index in [0.29, 0.717) is 57.3 Å². The lowest BCUT2D eigenvalue weighted by molar-refractivity contribution is -0.266. The maximum atomic E-state index is 14.7. The molecule has 1 amide bonds. The highest BCUT2D eigenvalue weighted by Crippen LogP contribution is 2.38. The van der Waals surface area contributed by atoms with E-state index in [9.17, 15) is 34.2 Å². The molecule has 5 rings (SSSR count). The third kappa shape index (κ3) is 18.8. The fourth-order valence-corrected chi connectivity index (χ4v) is 11.8. The van der Waals surface area contributed by atoms with Gasteiger partial charge in [-0.2, -0.15) is 0 Å². The highest BCUT2D eigenvalue weighted by atomic mass is 16.6. The minimum Gasteiger partial charge on any atom is -0.460 e. The van der Waals surface area contributed by atoms with Crippen molar-refractivity contribution in [1.82, 2.24) is 9.80 Å². The minimum absolute atomic E-state index is 0.00415. The third-order valence-corrected chi connectivity index (χ3v) is 16.8. The molecule has 5 aliphatic rings. The van der Waals surface area contributed by atoms with Gasteiger partial charge in [0, 0.05) is 84.7 Å². The van der Waals surface area contributed by atoms with E-state index in [-0.39, 0.29) is 73.9 Å². The number of hydrogen-bond donors (Lipinski definition) is 2. The van der Waals surface area contributed by atoms with Gasteiger partial charge in [-0.15, -0.1) is 0 Å². The van der Waals surface area contributed by atoms with Crippen LogP contribution in [0.1, 0.15) is 132 Å². The molecule has 77 heavy (non-hydrogen) atoms. The predicted molar refractivity (Wildman–Crippen MR) is 292 cm³/mol.